The van der Waals surface area contributed by atoms with Crippen LogP contribution >= 0.6 is 0 Å². The van der Waals surface area contributed by atoms with Crippen LogP contribution in [0.1, 0.15) is 18.4 Å². The number of rotatable bonds is 5. The van der Waals surface area contributed by atoms with Gasteiger partial charge in [-0.2, -0.15) is 0 Å². The number of hydrogen-bond donors (Lipinski definition) is 3. The van der Waals surface area contributed by atoms with Crippen LogP contribution in [0.4, 0.5) is 0 Å². The van der Waals surface area contributed by atoms with E-state index in [-0.39, 0.29) is 5.41 Å². The molecule has 0 amide bonds. The summed E-state index contributed by atoms with van der Waals surface area (Å²) in [5.74, 6) is 0. The Morgan fingerprint density at radius 1 is 1.54 bits per heavy atom. The number of nitrogens with one attached hydrogen (secondary N) is 2. The Balaban J connectivity index is 1.70. The second kappa shape index (κ2) is 3.52. The molecule has 72 valence electrons. The SMILES string of the molecule is OCC1(CNCc2cc[nH]c2)CC1. The molecular formula is C10H16N2O. The number of hydrogen-bond acceptors (Lipinski definition) is 2. The standard InChI is InChI=1S/C10H16N2O/c13-8-10(2-3-10)7-12-6-9-1-4-11-5-9/h1,4-5,11-13H,2-3,6-8H2. The van der Waals surface area contributed by atoms with Crippen molar-refractivity contribution in [2.75, 3.05) is 13.2 Å². The third-order valence-corrected chi connectivity index (χ3v) is 2.78. The van der Waals surface area contributed by atoms with Crippen LogP contribution in [-0.2, 0) is 6.54 Å². The minimum Gasteiger partial charge on any atom is -0.396 e. The minimum absolute atomic E-state index is 0.219. The van der Waals surface area contributed by atoms with Crippen molar-refractivity contribution in [3.63, 3.8) is 0 Å². The van der Waals surface area contributed by atoms with Crippen molar-refractivity contribution < 1.29 is 5.11 Å². The van der Waals surface area contributed by atoms with Gasteiger partial charge in [-0.15, -0.1) is 0 Å². The van der Waals surface area contributed by atoms with Crippen molar-refractivity contribution in [1.82, 2.24) is 10.3 Å². The maximum atomic E-state index is 9.07. The summed E-state index contributed by atoms with van der Waals surface area (Å²) in [4.78, 5) is 3.02. The van der Waals surface area contributed by atoms with Crippen LogP contribution in [0.25, 0.3) is 0 Å². The third-order valence-electron chi connectivity index (χ3n) is 2.78. The van der Waals surface area contributed by atoms with Gasteiger partial charge < -0.3 is 15.4 Å². The largest absolute Gasteiger partial charge is 0.396 e. The number of aliphatic hydroxyl groups excluding tert-OH is 1. The minimum atomic E-state index is 0.219. The maximum absolute atomic E-state index is 9.07. The normalized spacial score (nSPS) is 18.8. The molecule has 1 aliphatic rings. The molecule has 3 N–H and O–H groups in total. The average molecular weight is 180 g/mol. The molecule has 13 heavy (non-hydrogen) atoms. The highest BCUT2D eigenvalue weighted by molar-refractivity contribution is 5.08. The van der Waals surface area contributed by atoms with Gasteiger partial charge in [0.25, 0.3) is 0 Å². The van der Waals surface area contributed by atoms with Gasteiger partial charge in [-0.1, -0.05) is 0 Å². The Morgan fingerprint density at radius 2 is 2.38 bits per heavy atom. The van der Waals surface area contributed by atoms with Gasteiger partial charge in [0.2, 0.25) is 0 Å². The Bertz CT molecular complexity index is 252. The van der Waals surface area contributed by atoms with E-state index in [0.717, 1.165) is 13.1 Å². The summed E-state index contributed by atoms with van der Waals surface area (Å²) in [5, 5.41) is 12.4. The fourth-order valence-corrected chi connectivity index (χ4v) is 1.51. The molecule has 1 saturated carbocycles. The molecule has 1 fully saturated rings. The lowest BCUT2D eigenvalue weighted by atomic mass is 10.1. The molecule has 1 aliphatic carbocycles. The van der Waals surface area contributed by atoms with Crippen LogP contribution in [0.5, 0.6) is 0 Å². The van der Waals surface area contributed by atoms with Gasteiger partial charge >= 0.3 is 0 Å². The highest BCUT2D eigenvalue weighted by Gasteiger charge is 2.41. The lowest BCUT2D eigenvalue weighted by molar-refractivity contribution is 0.207. The lowest BCUT2D eigenvalue weighted by Crippen LogP contribution is -2.25. The van der Waals surface area contributed by atoms with E-state index in [1.807, 2.05) is 12.4 Å². The molecule has 3 heteroatoms. The summed E-state index contributed by atoms with van der Waals surface area (Å²) in [6, 6.07) is 2.06. The molecule has 0 atom stereocenters. The quantitative estimate of drug-likeness (QED) is 0.630. The summed E-state index contributed by atoms with van der Waals surface area (Å²) < 4.78 is 0. The molecule has 0 aromatic carbocycles. The van der Waals surface area contributed by atoms with Crippen LogP contribution in [0.2, 0.25) is 0 Å². The second-order valence-electron chi connectivity index (χ2n) is 3.98. The molecule has 1 aromatic rings. The van der Waals surface area contributed by atoms with Gasteiger partial charge in [0.15, 0.2) is 0 Å². The highest BCUT2D eigenvalue weighted by Crippen LogP contribution is 2.44. The Kier molecular flexibility index (Phi) is 2.38. The van der Waals surface area contributed by atoms with Crippen molar-refractivity contribution in [3.8, 4) is 0 Å². The van der Waals surface area contributed by atoms with Crippen molar-refractivity contribution in [2.24, 2.45) is 5.41 Å². The molecular weight excluding hydrogens is 164 g/mol. The predicted molar refractivity (Wildman–Crippen MR) is 51.3 cm³/mol. The molecule has 1 aromatic heterocycles. The zero-order valence-electron chi connectivity index (χ0n) is 7.71. The third kappa shape index (κ3) is 2.11. The second-order valence-corrected chi connectivity index (χ2v) is 3.98. The zero-order chi connectivity index (χ0) is 9.15. The van der Waals surface area contributed by atoms with Crippen LogP contribution in [0, 0.1) is 5.41 Å². The first-order valence-corrected chi connectivity index (χ1v) is 4.78. The molecule has 0 bridgehead atoms. The Labute approximate surface area is 78.2 Å². The highest BCUT2D eigenvalue weighted by atomic mass is 16.3. The Morgan fingerprint density at radius 3 is 2.92 bits per heavy atom. The Hall–Kier alpha value is -0.800. The molecule has 0 saturated heterocycles. The summed E-state index contributed by atoms with van der Waals surface area (Å²) in [5.41, 5.74) is 1.49. The van der Waals surface area contributed by atoms with E-state index in [1.165, 1.54) is 18.4 Å². The zero-order valence-corrected chi connectivity index (χ0v) is 7.71. The van der Waals surface area contributed by atoms with E-state index >= 15 is 0 Å². The fraction of sp³-hybridized carbons (Fsp3) is 0.600. The maximum Gasteiger partial charge on any atom is 0.0499 e. The molecule has 0 aliphatic heterocycles. The summed E-state index contributed by atoms with van der Waals surface area (Å²) in [6.45, 7) is 2.16. The first-order valence-electron chi connectivity index (χ1n) is 4.78. The topological polar surface area (TPSA) is 48.0 Å². The van der Waals surface area contributed by atoms with Crippen molar-refractivity contribution >= 4 is 0 Å². The van der Waals surface area contributed by atoms with Gasteiger partial charge in [-0.25, -0.2) is 0 Å². The van der Waals surface area contributed by atoms with Gasteiger partial charge in [0, 0.05) is 37.5 Å². The van der Waals surface area contributed by atoms with Crippen LogP contribution in [-0.4, -0.2) is 23.2 Å². The van der Waals surface area contributed by atoms with E-state index in [0.29, 0.717) is 6.61 Å². The molecule has 0 unspecified atom stereocenters. The average Bonchev–Trinajstić information content (AvgIpc) is 2.74. The van der Waals surface area contributed by atoms with E-state index < -0.39 is 0 Å². The predicted octanol–water partition coefficient (Wildman–Crippen LogP) is 0.877. The number of H-pyrrole nitrogens is 1. The first kappa shape index (κ1) is 8.78. The number of aliphatic hydroxyl groups is 1. The van der Waals surface area contributed by atoms with Gasteiger partial charge in [-0.05, 0) is 24.5 Å². The smallest absolute Gasteiger partial charge is 0.0499 e. The molecule has 0 spiro atoms. The van der Waals surface area contributed by atoms with E-state index in [4.69, 9.17) is 5.11 Å². The monoisotopic (exact) mass is 180 g/mol. The van der Waals surface area contributed by atoms with Crippen molar-refractivity contribution in [1.29, 1.82) is 0 Å². The van der Waals surface area contributed by atoms with Crippen LogP contribution < -0.4 is 5.32 Å². The summed E-state index contributed by atoms with van der Waals surface area (Å²) in [7, 11) is 0. The van der Waals surface area contributed by atoms with Crippen LogP contribution in [0.15, 0.2) is 18.5 Å². The van der Waals surface area contributed by atoms with Gasteiger partial charge in [-0.3, -0.25) is 0 Å². The molecule has 3 nitrogen and oxygen atoms in total. The number of aromatic amines is 1. The first-order chi connectivity index (χ1) is 6.35. The van der Waals surface area contributed by atoms with Gasteiger partial charge in [0.1, 0.15) is 0 Å². The summed E-state index contributed by atoms with van der Waals surface area (Å²) in [6.07, 6.45) is 6.26. The van der Waals surface area contributed by atoms with Crippen LogP contribution in [0.3, 0.4) is 0 Å². The lowest BCUT2D eigenvalue weighted by Gasteiger charge is -2.11. The molecule has 0 radical (unpaired) electrons. The molecule has 1 heterocycles. The van der Waals surface area contributed by atoms with E-state index in [9.17, 15) is 0 Å². The molecule has 2 rings (SSSR count). The van der Waals surface area contributed by atoms with E-state index in [1.54, 1.807) is 0 Å². The van der Waals surface area contributed by atoms with E-state index in [2.05, 4.69) is 16.4 Å². The summed E-state index contributed by atoms with van der Waals surface area (Å²) >= 11 is 0. The van der Waals surface area contributed by atoms with Crippen molar-refractivity contribution in [2.45, 2.75) is 19.4 Å². The fourth-order valence-electron chi connectivity index (χ4n) is 1.51. The van der Waals surface area contributed by atoms with Gasteiger partial charge in [0.05, 0.1) is 0 Å². The van der Waals surface area contributed by atoms with Crippen molar-refractivity contribution in [3.05, 3.63) is 24.0 Å². The number of aromatic nitrogens is 1.